The van der Waals surface area contributed by atoms with E-state index in [0.29, 0.717) is 13.1 Å². The van der Waals surface area contributed by atoms with Gasteiger partial charge < -0.3 is 4.57 Å². The van der Waals surface area contributed by atoms with E-state index < -0.39 is 10.0 Å². The molecule has 0 aromatic carbocycles. The third kappa shape index (κ3) is 2.88. The van der Waals surface area contributed by atoms with Crippen LogP contribution in [0.1, 0.15) is 28.6 Å². The molecule has 0 radical (unpaired) electrons. The van der Waals surface area contributed by atoms with Crippen LogP contribution in [0.25, 0.3) is 0 Å². The molecular formula is C13H18N4O2S2. The molecule has 3 heterocycles. The summed E-state index contributed by atoms with van der Waals surface area (Å²) in [5.41, 5.74) is 0. The first-order valence-corrected chi connectivity index (χ1v) is 9.13. The van der Waals surface area contributed by atoms with E-state index in [-0.39, 0.29) is 10.9 Å². The van der Waals surface area contributed by atoms with Crippen molar-refractivity contribution >= 4 is 21.4 Å². The molecule has 0 spiro atoms. The standard InChI is InChI=1S/C13H18N4O2S2/c1-10-6-14-13(20-10)11-4-3-5-17(7-11)21(18,19)12-8-16(2)9-15-12/h6,8-9,11H,3-5,7H2,1-2H3/t11-/m1/s1. The smallest absolute Gasteiger partial charge is 0.262 e. The molecule has 0 unspecified atom stereocenters. The van der Waals surface area contributed by atoms with Crippen molar-refractivity contribution in [1.29, 1.82) is 0 Å². The number of piperidine rings is 1. The number of sulfonamides is 1. The van der Waals surface area contributed by atoms with Gasteiger partial charge in [0.05, 0.1) is 11.3 Å². The SMILES string of the molecule is Cc1cnc([C@@H]2CCCN(S(=O)(=O)c3cn(C)cn3)C2)s1. The van der Waals surface area contributed by atoms with Gasteiger partial charge in [-0.3, -0.25) is 0 Å². The number of nitrogens with zero attached hydrogens (tertiary/aromatic N) is 4. The maximum atomic E-state index is 12.6. The van der Waals surface area contributed by atoms with Gasteiger partial charge in [0, 0.05) is 43.3 Å². The van der Waals surface area contributed by atoms with Crippen molar-refractivity contribution in [2.75, 3.05) is 13.1 Å². The lowest BCUT2D eigenvalue weighted by Gasteiger charge is -2.30. The molecule has 0 amide bonds. The zero-order valence-corrected chi connectivity index (χ0v) is 13.7. The molecule has 2 aromatic heterocycles. The van der Waals surface area contributed by atoms with Crippen LogP contribution in [0.5, 0.6) is 0 Å². The van der Waals surface area contributed by atoms with E-state index >= 15 is 0 Å². The topological polar surface area (TPSA) is 68.1 Å². The number of thiazole rings is 1. The molecule has 114 valence electrons. The Morgan fingerprint density at radius 2 is 2.19 bits per heavy atom. The minimum atomic E-state index is -3.50. The lowest BCUT2D eigenvalue weighted by atomic mass is 10.0. The van der Waals surface area contributed by atoms with E-state index in [1.807, 2.05) is 13.1 Å². The van der Waals surface area contributed by atoms with Gasteiger partial charge in [0.25, 0.3) is 10.0 Å². The summed E-state index contributed by atoms with van der Waals surface area (Å²) in [6.07, 6.45) is 6.76. The first kappa shape index (κ1) is 14.7. The van der Waals surface area contributed by atoms with E-state index in [1.165, 1.54) is 6.33 Å². The molecule has 0 saturated carbocycles. The minimum Gasteiger partial charge on any atom is -0.339 e. The fourth-order valence-electron chi connectivity index (χ4n) is 2.58. The number of aromatic nitrogens is 3. The lowest BCUT2D eigenvalue weighted by Crippen LogP contribution is -2.39. The quantitative estimate of drug-likeness (QED) is 0.862. The predicted octanol–water partition coefficient (Wildman–Crippen LogP) is 1.75. The zero-order chi connectivity index (χ0) is 15.0. The van der Waals surface area contributed by atoms with Crippen LogP contribution in [-0.2, 0) is 17.1 Å². The van der Waals surface area contributed by atoms with E-state index in [9.17, 15) is 8.42 Å². The predicted molar refractivity (Wildman–Crippen MR) is 80.8 cm³/mol. The highest BCUT2D eigenvalue weighted by atomic mass is 32.2. The summed E-state index contributed by atoms with van der Waals surface area (Å²) >= 11 is 1.65. The van der Waals surface area contributed by atoms with E-state index in [1.54, 1.807) is 33.5 Å². The van der Waals surface area contributed by atoms with E-state index in [4.69, 9.17) is 0 Å². The van der Waals surface area contributed by atoms with Gasteiger partial charge in [-0.15, -0.1) is 11.3 Å². The van der Waals surface area contributed by atoms with Gasteiger partial charge in [-0.05, 0) is 19.8 Å². The van der Waals surface area contributed by atoms with Crippen molar-refractivity contribution in [3.63, 3.8) is 0 Å². The molecule has 0 aliphatic carbocycles. The van der Waals surface area contributed by atoms with Crippen LogP contribution in [0.3, 0.4) is 0 Å². The van der Waals surface area contributed by atoms with Crippen LogP contribution in [0, 0.1) is 6.92 Å². The van der Waals surface area contributed by atoms with Crippen LogP contribution < -0.4 is 0 Å². The number of aryl methyl sites for hydroxylation is 2. The van der Waals surface area contributed by atoms with Crippen LogP contribution in [0.15, 0.2) is 23.7 Å². The van der Waals surface area contributed by atoms with Crippen molar-refractivity contribution in [3.05, 3.63) is 28.6 Å². The van der Waals surface area contributed by atoms with Crippen LogP contribution >= 0.6 is 11.3 Å². The Morgan fingerprint density at radius 3 is 2.81 bits per heavy atom. The molecule has 6 nitrogen and oxygen atoms in total. The first-order chi connectivity index (χ1) is 9.96. The first-order valence-electron chi connectivity index (χ1n) is 6.87. The van der Waals surface area contributed by atoms with Gasteiger partial charge in [0.1, 0.15) is 0 Å². The second kappa shape index (κ2) is 5.51. The summed E-state index contributed by atoms with van der Waals surface area (Å²) in [5, 5.41) is 1.16. The summed E-state index contributed by atoms with van der Waals surface area (Å²) in [6, 6.07) is 0. The van der Waals surface area contributed by atoms with E-state index in [2.05, 4.69) is 9.97 Å². The average molecular weight is 326 g/mol. The van der Waals surface area contributed by atoms with Gasteiger partial charge in [-0.25, -0.2) is 18.4 Å². The summed E-state index contributed by atoms with van der Waals surface area (Å²) in [4.78, 5) is 9.56. The van der Waals surface area contributed by atoms with Gasteiger partial charge in [0.2, 0.25) is 0 Å². The molecule has 21 heavy (non-hydrogen) atoms. The van der Waals surface area contributed by atoms with Gasteiger partial charge in [0.15, 0.2) is 5.03 Å². The number of imidazole rings is 1. The molecule has 0 bridgehead atoms. The lowest BCUT2D eigenvalue weighted by molar-refractivity contribution is 0.314. The number of hydrogen-bond donors (Lipinski definition) is 0. The van der Waals surface area contributed by atoms with Crippen molar-refractivity contribution in [1.82, 2.24) is 18.8 Å². The summed E-state index contributed by atoms with van der Waals surface area (Å²) in [7, 11) is -1.73. The molecular weight excluding hydrogens is 308 g/mol. The zero-order valence-electron chi connectivity index (χ0n) is 12.1. The Morgan fingerprint density at radius 1 is 1.38 bits per heavy atom. The average Bonchev–Trinajstić information content (AvgIpc) is 3.08. The Kier molecular flexibility index (Phi) is 3.85. The third-order valence-corrected chi connectivity index (χ3v) is 6.48. The third-order valence-electron chi connectivity index (χ3n) is 3.66. The van der Waals surface area contributed by atoms with Gasteiger partial charge in [-0.2, -0.15) is 4.31 Å². The number of hydrogen-bond acceptors (Lipinski definition) is 5. The Hall–Kier alpha value is -1.25. The minimum absolute atomic E-state index is 0.126. The maximum absolute atomic E-state index is 12.6. The fraction of sp³-hybridized carbons (Fsp3) is 0.538. The fourth-order valence-corrected chi connectivity index (χ4v) is 4.97. The molecule has 1 fully saturated rings. The molecule has 1 aliphatic rings. The Bertz CT molecular complexity index is 735. The second-order valence-corrected chi connectivity index (χ2v) is 8.54. The van der Waals surface area contributed by atoms with Crippen molar-refractivity contribution in [2.45, 2.75) is 30.7 Å². The van der Waals surface area contributed by atoms with Gasteiger partial charge >= 0.3 is 0 Å². The molecule has 8 heteroatoms. The summed E-state index contributed by atoms with van der Waals surface area (Å²) < 4.78 is 28.4. The monoisotopic (exact) mass is 326 g/mol. The Labute approximate surface area is 128 Å². The molecule has 1 saturated heterocycles. The highest BCUT2D eigenvalue weighted by Crippen LogP contribution is 2.31. The van der Waals surface area contributed by atoms with Crippen LogP contribution in [0.4, 0.5) is 0 Å². The second-order valence-electron chi connectivity index (χ2n) is 5.39. The largest absolute Gasteiger partial charge is 0.339 e. The van der Waals surface area contributed by atoms with Crippen LogP contribution in [-0.4, -0.2) is 40.3 Å². The van der Waals surface area contributed by atoms with Crippen LogP contribution in [0.2, 0.25) is 0 Å². The summed E-state index contributed by atoms with van der Waals surface area (Å²) in [6.45, 7) is 3.07. The van der Waals surface area contributed by atoms with E-state index in [0.717, 1.165) is 22.7 Å². The molecule has 2 aromatic rings. The highest BCUT2D eigenvalue weighted by Gasteiger charge is 2.33. The molecule has 0 N–H and O–H groups in total. The molecule has 1 atom stereocenters. The van der Waals surface area contributed by atoms with Gasteiger partial charge in [-0.1, -0.05) is 0 Å². The Balaban J connectivity index is 1.83. The highest BCUT2D eigenvalue weighted by molar-refractivity contribution is 7.89. The summed E-state index contributed by atoms with van der Waals surface area (Å²) in [5.74, 6) is 0.191. The maximum Gasteiger partial charge on any atom is 0.262 e. The molecule has 3 rings (SSSR count). The molecule has 1 aliphatic heterocycles. The number of rotatable bonds is 3. The normalized spacial score (nSPS) is 20.8. The van der Waals surface area contributed by atoms with Crippen molar-refractivity contribution in [3.8, 4) is 0 Å². The van der Waals surface area contributed by atoms with Crippen molar-refractivity contribution in [2.24, 2.45) is 7.05 Å². The van der Waals surface area contributed by atoms with Crippen molar-refractivity contribution < 1.29 is 8.42 Å².